The first-order valence-electron chi connectivity index (χ1n) is 8.95. The van der Waals surface area contributed by atoms with Gasteiger partial charge in [-0.25, -0.2) is 9.67 Å². The van der Waals surface area contributed by atoms with E-state index in [1.807, 2.05) is 31.2 Å². The number of rotatable bonds is 6. The molecule has 0 bridgehead atoms. The number of likely N-dealkylation sites (N-methyl/N-ethyl adjacent to an activating group) is 1. The van der Waals surface area contributed by atoms with E-state index in [9.17, 15) is 4.79 Å². The van der Waals surface area contributed by atoms with Crippen LogP contribution in [0.1, 0.15) is 32.4 Å². The fraction of sp³-hybridized carbons (Fsp3) is 0.286. The molecule has 3 aromatic rings. The van der Waals surface area contributed by atoms with Gasteiger partial charge < -0.3 is 9.64 Å². The molecule has 0 fully saturated rings. The SMILES string of the molecule is C[C@@H](c1ccc(-n2cncn2)cc1)N(C)C(=O)C(C)(C)Oc1ccc(Cl)cc1. The molecule has 6 nitrogen and oxygen atoms in total. The van der Waals surface area contributed by atoms with Crippen LogP contribution in [0, 0.1) is 0 Å². The van der Waals surface area contributed by atoms with E-state index in [1.165, 1.54) is 6.33 Å². The van der Waals surface area contributed by atoms with Crippen LogP contribution in [0.3, 0.4) is 0 Å². The second-order valence-corrected chi connectivity index (χ2v) is 7.53. The lowest BCUT2D eigenvalue weighted by atomic mass is 10.0. The zero-order valence-corrected chi connectivity index (χ0v) is 17.1. The van der Waals surface area contributed by atoms with Crippen LogP contribution in [0.2, 0.25) is 5.02 Å². The van der Waals surface area contributed by atoms with Crippen molar-refractivity contribution in [2.75, 3.05) is 7.05 Å². The van der Waals surface area contributed by atoms with Crippen LogP contribution in [0.4, 0.5) is 0 Å². The van der Waals surface area contributed by atoms with E-state index in [2.05, 4.69) is 10.1 Å². The molecule has 0 aliphatic heterocycles. The first-order valence-corrected chi connectivity index (χ1v) is 9.32. The molecular formula is C21H23ClN4O2. The van der Waals surface area contributed by atoms with E-state index in [-0.39, 0.29) is 11.9 Å². The molecule has 1 atom stereocenters. The van der Waals surface area contributed by atoms with Crippen LogP contribution in [-0.2, 0) is 4.79 Å². The van der Waals surface area contributed by atoms with Gasteiger partial charge in [-0.1, -0.05) is 23.7 Å². The van der Waals surface area contributed by atoms with Gasteiger partial charge in [-0.2, -0.15) is 5.10 Å². The van der Waals surface area contributed by atoms with Crippen LogP contribution in [0.15, 0.2) is 61.2 Å². The molecule has 0 aliphatic rings. The summed E-state index contributed by atoms with van der Waals surface area (Å²) in [6, 6.07) is 14.7. The van der Waals surface area contributed by atoms with Gasteiger partial charge in [0.25, 0.3) is 5.91 Å². The summed E-state index contributed by atoms with van der Waals surface area (Å²) in [5.74, 6) is 0.483. The summed E-state index contributed by atoms with van der Waals surface area (Å²) in [6.07, 6.45) is 3.14. The lowest BCUT2D eigenvalue weighted by molar-refractivity contribution is -0.146. The molecule has 1 aromatic heterocycles. The second-order valence-electron chi connectivity index (χ2n) is 7.09. The lowest BCUT2D eigenvalue weighted by Gasteiger charge is -2.33. The summed E-state index contributed by atoms with van der Waals surface area (Å²) in [5.41, 5.74) is 0.910. The number of benzene rings is 2. The molecular weight excluding hydrogens is 376 g/mol. The predicted octanol–water partition coefficient (Wildman–Crippen LogP) is 4.30. The van der Waals surface area contributed by atoms with E-state index < -0.39 is 5.60 Å². The fourth-order valence-electron chi connectivity index (χ4n) is 2.91. The highest BCUT2D eigenvalue weighted by Crippen LogP contribution is 2.26. The maximum atomic E-state index is 13.1. The highest BCUT2D eigenvalue weighted by atomic mass is 35.5. The first-order chi connectivity index (χ1) is 13.3. The van der Waals surface area contributed by atoms with Crippen LogP contribution in [0.25, 0.3) is 5.69 Å². The maximum absolute atomic E-state index is 13.1. The van der Waals surface area contributed by atoms with Crippen LogP contribution in [-0.4, -0.2) is 38.2 Å². The minimum absolute atomic E-state index is 0.115. The van der Waals surface area contributed by atoms with E-state index in [1.54, 1.807) is 61.1 Å². The second kappa shape index (κ2) is 8.02. The van der Waals surface area contributed by atoms with Gasteiger partial charge in [0.05, 0.1) is 11.7 Å². The molecule has 0 N–H and O–H groups in total. The highest BCUT2D eigenvalue weighted by Gasteiger charge is 2.35. The fourth-order valence-corrected chi connectivity index (χ4v) is 3.04. The molecule has 0 unspecified atom stereocenters. The molecule has 0 radical (unpaired) electrons. The van der Waals surface area contributed by atoms with Crippen molar-refractivity contribution in [2.45, 2.75) is 32.4 Å². The Balaban J connectivity index is 1.71. The van der Waals surface area contributed by atoms with Crippen LogP contribution in [0.5, 0.6) is 5.75 Å². The smallest absolute Gasteiger partial charge is 0.266 e. The van der Waals surface area contributed by atoms with Gasteiger partial charge in [0.1, 0.15) is 18.4 Å². The molecule has 0 saturated carbocycles. The zero-order chi connectivity index (χ0) is 20.3. The number of ether oxygens (including phenoxy) is 1. The Kier molecular flexibility index (Phi) is 5.70. The number of aromatic nitrogens is 3. The van der Waals surface area contributed by atoms with Crippen molar-refractivity contribution in [1.82, 2.24) is 19.7 Å². The quantitative estimate of drug-likeness (QED) is 0.621. The summed E-state index contributed by atoms with van der Waals surface area (Å²) in [5, 5.41) is 4.74. The largest absolute Gasteiger partial charge is 0.478 e. The average Bonchev–Trinajstić information content (AvgIpc) is 3.23. The van der Waals surface area contributed by atoms with Gasteiger partial charge in [0.2, 0.25) is 0 Å². The van der Waals surface area contributed by atoms with Crippen molar-refractivity contribution in [1.29, 1.82) is 0 Å². The maximum Gasteiger partial charge on any atom is 0.266 e. The minimum Gasteiger partial charge on any atom is -0.478 e. The van der Waals surface area contributed by atoms with E-state index in [0.717, 1.165) is 11.3 Å². The Morgan fingerprint density at radius 1 is 1.14 bits per heavy atom. The summed E-state index contributed by atoms with van der Waals surface area (Å²) in [6.45, 7) is 5.52. The van der Waals surface area contributed by atoms with Crippen molar-refractivity contribution in [3.8, 4) is 11.4 Å². The molecule has 0 aliphatic carbocycles. The Morgan fingerprint density at radius 2 is 1.79 bits per heavy atom. The number of amides is 1. The minimum atomic E-state index is -1.02. The van der Waals surface area contributed by atoms with Crippen LogP contribution >= 0.6 is 11.6 Å². The number of hydrogen-bond acceptors (Lipinski definition) is 4. The average molecular weight is 399 g/mol. The number of hydrogen-bond donors (Lipinski definition) is 0. The number of carbonyl (C=O) groups excluding carboxylic acids is 1. The van der Waals surface area contributed by atoms with Gasteiger partial charge in [-0.15, -0.1) is 0 Å². The summed E-state index contributed by atoms with van der Waals surface area (Å²) >= 11 is 5.91. The summed E-state index contributed by atoms with van der Waals surface area (Å²) in [7, 11) is 1.78. The number of halogens is 1. The zero-order valence-electron chi connectivity index (χ0n) is 16.3. The standard InChI is InChI=1S/C21H23ClN4O2/c1-15(16-5-9-18(10-6-16)26-14-23-13-24-26)25(4)20(27)21(2,3)28-19-11-7-17(22)8-12-19/h5-15H,1-4H3/t15-/m0/s1. The van der Waals surface area contributed by atoms with Crippen molar-refractivity contribution < 1.29 is 9.53 Å². The monoisotopic (exact) mass is 398 g/mol. The molecule has 0 spiro atoms. The normalized spacial score (nSPS) is 12.5. The number of nitrogens with zero attached hydrogens (tertiary/aromatic N) is 4. The highest BCUT2D eigenvalue weighted by molar-refractivity contribution is 6.30. The Morgan fingerprint density at radius 3 is 2.36 bits per heavy atom. The van der Waals surface area contributed by atoms with Gasteiger partial charge >= 0.3 is 0 Å². The van der Waals surface area contributed by atoms with Gasteiger partial charge in [0, 0.05) is 12.1 Å². The summed E-state index contributed by atoms with van der Waals surface area (Å²) in [4.78, 5) is 18.7. The van der Waals surface area contributed by atoms with Gasteiger partial charge in [0.15, 0.2) is 5.60 Å². The Bertz CT molecular complexity index is 922. The van der Waals surface area contributed by atoms with Crippen molar-refractivity contribution in [2.24, 2.45) is 0 Å². The van der Waals surface area contributed by atoms with E-state index in [0.29, 0.717) is 10.8 Å². The van der Waals surface area contributed by atoms with Gasteiger partial charge in [-0.05, 0) is 62.7 Å². The van der Waals surface area contributed by atoms with E-state index in [4.69, 9.17) is 16.3 Å². The molecule has 1 heterocycles. The predicted molar refractivity (Wildman–Crippen MR) is 109 cm³/mol. The molecule has 1 amide bonds. The van der Waals surface area contributed by atoms with E-state index >= 15 is 0 Å². The molecule has 7 heteroatoms. The first kappa shape index (κ1) is 19.9. The van der Waals surface area contributed by atoms with Crippen LogP contribution < -0.4 is 4.74 Å². The Hall–Kier alpha value is -2.86. The number of carbonyl (C=O) groups is 1. The summed E-state index contributed by atoms with van der Waals surface area (Å²) < 4.78 is 7.61. The third-order valence-corrected chi connectivity index (χ3v) is 4.91. The lowest BCUT2D eigenvalue weighted by Crippen LogP contribution is -2.48. The third kappa shape index (κ3) is 4.34. The molecule has 146 valence electrons. The topological polar surface area (TPSA) is 60.2 Å². The third-order valence-electron chi connectivity index (χ3n) is 4.66. The Labute approximate surface area is 169 Å². The van der Waals surface area contributed by atoms with Gasteiger partial charge in [-0.3, -0.25) is 4.79 Å². The van der Waals surface area contributed by atoms with Crippen molar-refractivity contribution in [3.63, 3.8) is 0 Å². The van der Waals surface area contributed by atoms with Crippen molar-refractivity contribution >= 4 is 17.5 Å². The molecule has 3 rings (SSSR count). The van der Waals surface area contributed by atoms with Crippen molar-refractivity contribution in [3.05, 3.63) is 71.8 Å². The molecule has 2 aromatic carbocycles. The molecule has 28 heavy (non-hydrogen) atoms. The molecule has 0 saturated heterocycles.